The standard InChI is InChI=1S/C19H18N2O5S/c1-21(2)19(23)12-4-9-16-15(10-12)18(22)17(11-20-16)27(24,25)14-7-5-13(26-3)6-8-14/h4-11H,1-3H3,(H,20,22). The Morgan fingerprint density at radius 3 is 2.33 bits per heavy atom. The van der Waals surface area contributed by atoms with Gasteiger partial charge in [0.2, 0.25) is 15.3 Å². The van der Waals surface area contributed by atoms with Crippen LogP contribution in [0, 0.1) is 0 Å². The highest BCUT2D eigenvalue weighted by Crippen LogP contribution is 2.22. The van der Waals surface area contributed by atoms with Crippen molar-refractivity contribution in [2.45, 2.75) is 9.79 Å². The number of benzene rings is 2. The molecule has 0 fully saturated rings. The monoisotopic (exact) mass is 386 g/mol. The molecular weight excluding hydrogens is 368 g/mol. The van der Waals surface area contributed by atoms with Crippen molar-refractivity contribution in [2.24, 2.45) is 0 Å². The van der Waals surface area contributed by atoms with Crippen molar-refractivity contribution in [3.8, 4) is 5.75 Å². The number of aromatic nitrogens is 1. The minimum absolute atomic E-state index is 0.0197. The highest BCUT2D eigenvalue weighted by atomic mass is 32.2. The van der Waals surface area contributed by atoms with Crippen LogP contribution in [0.1, 0.15) is 10.4 Å². The van der Waals surface area contributed by atoms with Gasteiger partial charge in [0.15, 0.2) is 0 Å². The quantitative estimate of drug-likeness (QED) is 0.740. The number of nitrogens with one attached hydrogen (secondary N) is 1. The van der Waals surface area contributed by atoms with Gasteiger partial charge in [0.25, 0.3) is 5.91 Å². The molecule has 8 heteroatoms. The number of amides is 1. The number of hydrogen-bond acceptors (Lipinski definition) is 5. The van der Waals surface area contributed by atoms with Crippen LogP contribution >= 0.6 is 0 Å². The van der Waals surface area contributed by atoms with Gasteiger partial charge in [0.1, 0.15) is 10.6 Å². The highest BCUT2D eigenvalue weighted by Gasteiger charge is 2.23. The van der Waals surface area contributed by atoms with E-state index in [1.54, 1.807) is 26.2 Å². The number of ether oxygens (including phenoxy) is 1. The van der Waals surface area contributed by atoms with Crippen molar-refractivity contribution in [3.05, 3.63) is 64.4 Å². The van der Waals surface area contributed by atoms with E-state index in [4.69, 9.17) is 4.74 Å². The summed E-state index contributed by atoms with van der Waals surface area (Å²) in [5, 5.41) is 0.136. The Hall–Kier alpha value is -3.13. The molecule has 1 N–H and O–H groups in total. The van der Waals surface area contributed by atoms with Gasteiger partial charge in [0, 0.05) is 36.8 Å². The minimum Gasteiger partial charge on any atom is -0.497 e. The fourth-order valence-corrected chi connectivity index (χ4v) is 3.99. The van der Waals surface area contributed by atoms with E-state index < -0.39 is 15.3 Å². The van der Waals surface area contributed by atoms with E-state index in [-0.39, 0.29) is 21.1 Å². The first-order chi connectivity index (χ1) is 12.8. The lowest BCUT2D eigenvalue weighted by Gasteiger charge is -2.11. The second-order valence-electron chi connectivity index (χ2n) is 6.12. The van der Waals surface area contributed by atoms with Crippen molar-refractivity contribution in [2.75, 3.05) is 21.2 Å². The summed E-state index contributed by atoms with van der Waals surface area (Å²) in [5.41, 5.74) is 0.0916. The Morgan fingerprint density at radius 1 is 1.07 bits per heavy atom. The zero-order valence-corrected chi connectivity index (χ0v) is 15.8. The lowest BCUT2D eigenvalue weighted by molar-refractivity contribution is 0.0827. The number of carbonyl (C=O) groups excluding carboxylic acids is 1. The van der Waals surface area contributed by atoms with Crippen LogP contribution in [-0.2, 0) is 9.84 Å². The number of pyridine rings is 1. The summed E-state index contributed by atoms with van der Waals surface area (Å²) in [6.07, 6.45) is 1.18. The first-order valence-electron chi connectivity index (χ1n) is 8.02. The largest absolute Gasteiger partial charge is 0.497 e. The van der Waals surface area contributed by atoms with Gasteiger partial charge < -0.3 is 14.6 Å². The molecule has 1 amide bonds. The maximum absolute atomic E-state index is 12.9. The van der Waals surface area contributed by atoms with E-state index in [0.29, 0.717) is 16.8 Å². The Kier molecular flexibility index (Phi) is 4.75. The lowest BCUT2D eigenvalue weighted by Crippen LogP contribution is -2.22. The molecule has 27 heavy (non-hydrogen) atoms. The molecule has 0 aliphatic carbocycles. The number of nitrogens with zero attached hydrogens (tertiary/aromatic N) is 1. The summed E-state index contributed by atoms with van der Waals surface area (Å²) in [4.78, 5) is 28.8. The van der Waals surface area contributed by atoms with E-state index >= 15 is 0 Å². The fourth-order valence-electron chi connectivity index (χ4n) is 2.67. The van der Waals surface area contributed by atoms with E-state index in [0.717, 1.165) is 0 Å². The molecule has 0 spiro atoms. The Morgan fingerprint density at radius 2 is 1.74 bits per heavy atom. The third-order valence-electron chi connectivity index (χ3n) is 4.16. The van der Waals surface area contributed by atoms with Crippen LogP contribution in [0.4, 0.5) is 0 Å². The fraction of sp³-hybridized carbons (Fsp3) is 0.158. The molecule has 1 aromatic heterocycles. The second kappa shape index (κ2) is 6.88. The molecule has 3 aromatic rings. The molecule has 2 aromatic carbocycles. The maximum atomic E-state index is 12.9. The van der Waals surface area contributed by atoms with Gasteiger partial charge in [0.05, 0.1) is 12.0 Å². The summed E-state index contributed by atoms with van der Waals surface area (Å²) in [5.74, 6) is 0.230. The van der Waals surface area contributed by atoms with Crippen LogP contribution in [0.15, 0.2) is 63.2 Å². The van der Waals surface area contributed by atoms with Crippen molar-refractivity contribution in [3.63, 3.8) is 0 Å². The van der Waals surface area contributed by atoms with E-state index in [9.17, 15) is 18.0 Å². The molecule has 0 unspecified atom stereocenters. The number of aromatic amines is 1. The minimum atomic E-state index is -4.03. The van der Waals surface area contributed by atoms with Crippen LogP contribution in [0.25, 0.3) is 10.9 Å². The summed E-state index contributed by atoms with van der Waals surface area (Å²) >= 11 is 0. The Bertz CT molecular complexity index is 1180. The van der Waals surface area contributed by atoms with E-state index in [1.165, 1.54) is 48.5 Å². The van der Waals surface area contributed by atoms with E-state index in [2.05, 4.69) is 4.98 Å². The average Bonchev–Trinajstić information content (AvgIpc) is 2.67. The van der Waals surface area contributed by atoms with Gasteiger partial charge in [-0.1, -0.05) is 0 Å². The van der Waals surface area contributed by atoms with Crippen LogP contribution in [0.5, 0.6) is 5.75 Å². The number of hydrogen-bond donors (Lipinski definition) is 1. The van der Waals surface area contributed by atoms with E-state index in [1.807, 2.05) is 0 Å². The van der Waals surface area contributed by atoms with Crippen molar-refractivity contribution >= 4 is 26.6 Å². The van der Waals surface area contributed by atoms with Crippen molar-refractivity contribution in [1.29, 1.82) is 0 Å². The van der Waals surface area contributed by atoms with Gasteiger partial charge in [-0.2, -0.15) is 0 Å². The molecule has 0 radical (unpaired) electrons. The van der Waals surface area contributed by atoms with Gasteiger partial charge in [-0.05, 0) is 42.5 Å². The van der Waals surface area contributed by atoms with Crippen molar-refractivity contribution in [1.82, 2.24) is 9.88 Å². The van der Waals surface area contributed by atoms with Crippen LogP contribution in [-0.4, -0.2) is 45.4 Å². The lowest BCUT2D eigenvalue weighted by atomic mass is 10.1. The normalized spacial score (nSPS) is 11.4. The molecule has 1 heterocycles. The predicted octanol–water partition coefficient (Wildman–Crippen LogP) is 2.07. The molecule has 0 saturated heterocycles. The van der Waals surface area contributed by atoms with Gasteiger partial charge in [-0.3, -0.25) is 9.59 Å². The first kappa shape index (κ1) is 18.7. The predicted molar refractivity (Wildman–Crippen MR) is 101 cm³/mol. The topological polar surface area (TPSA) is 96.5 Å². The number of H-pyrrole nitrogens is 1. The number of fused-ring (bicyclic) bond motifs is 1. The summed E-state index contributed by atoms with van der Waals surface area (Å²) < 4.78 is 30.8. The summed E-state index contributed by atoms with van der Waals surface area (Å²) in [7, 11) is 0.643. The third kappa shape index (κ3) is 3.31. The molecule has 0 saturated carbocycles. The molecule has 0 aliphatic rings. The number of sulfone groups is 1. The summed E-state index contributed by atoms with van der Waals surface area (Å²) in [6, 6.07) is 10.3. The highest BCUT2D eigenvalue weighted by molar-refractivity contribution is 7.91. The molecule has 0 atom stereocenters. The maximum Gasteiger partial charge on any atom is 0.253 e. The zero-order chi connectivity index (χ0) is 19.8. The number of rotatable bonds is 4. The van der Waals surface area contributed by atoms with Crippen LogP contribution in [0.2, 0.25) is 0 Å². The smallest absolute Gasteiger partial charge is 0.253 e. The first-order valence-corrected chi connectivity index (χ1v) is 9.50. The number of carbonyl (C=O) groups is 1. The molecule has 0 aliphatic heterocycles. The molecule has 7 nitrogen and oxygen atoms in total. The Labute approximate surface area is 156 Å². The van der Waals surface area contributed by atoms with Gasteiger partial charge in [-0.15, -0.1) is 0 Å². The van der Waals surface area contributed by atoms with Crippen LogP contribution in [0.3, 0.4) is 0 Å². The van der Waals surface area contributed by atoms with Crippen molar-refractivity contribution < 1.29 is 17.9 Å². The molecule has 140 valence electrons. The molecule has 3 rings (SSSR count). The second-order valence-corrected chi connectivity index (χ2v) is 8.04. The molecule has 0 bridgehead atoms. The zero-order valence-electron chi connectivity index (χ0n) is 15.0. The third-order valence-corrected chi connectivity index (χ3v) is 5.93. The van der Waals surface area contributed by atoms with Crippen LogP contribution < -0.4 is 10.2 Å². The van der Waals surface area contributed by atoms with Gasteiger partial charge >= 0.3 is 0 Å². The van der Waals surface area contributed by atoms with Gasteiger partial charge in [-0.25, -0.2) is 8.42 Å². The average molecular weight is 386 g/mol. The SMILES string of the molecule is COc1ccc(S(=O)(=O)c2c[nH]c3ccc(C(=O)N(C)C)cc3c2=O)cc1. The number of methoxy groups -OCH3 is 1. The summed E-state index contributed by atoms with van der Waals surface area (Å²) in [6.45, 7) is 0. The Balaban J connectivity index is 2.18. The molecular formula is C19H18N2O5S.